The molecule has 0 spiro atoms. The molecule has 0 amide bonds. The summed E-state index contributed by atoms with van der Waals surface area (Å²) >= 11 is 0. The number of methoxy groups -OCH3 is 1. The van der Waals surface area contributed by atoms with Crippen LogP contribution in [0.2, 0.25) is 0 Å². The number of hydrogen-bond donors (Lipinski definition) is 3. The molecule has 118 valence electrons. The lowest BCUT2D eigenvalue weighted by atomic mass is 10.0. The van der Waals surface area contributed by atoms with E-state index in [4.69, 9.17) is 20.6 Å². The molecule has 0 aliphatic carbocycles. The molecule has 0 fully saturated rings. The van der Waals surface area contributed by atoms with Crippen molar-refractivity contribution in [3.8, 4) is 5.75 Å². The van der Waals surface area contributed by atoms with E-state index in [2.05, 4.69) is 5.43 Å². The zero-order chi connectivity index (χ0) is 16.3. The Morgan fingerprint density at radius 3 is 2.86 bits per heavy atom. The van der Waals surface area contributed by atoms with Gasteiger partial charge in [-0.1, -0.05) is 0 Å². The molecule has 0 radical (unpaired) electrons. The van der Waals surface area contributed by atoms with E-state index in [-0.39, 0.29) is 5.97 Å². The predicted molar refractivity (Wildman–Crippen MR) is 84.6 cm³/mol. The number of nitrogens with two attached hydrogens (primary N) is 1. The Labute approximate surface area is 129 Å². The summed E-state index contributed by atoms with van der Waals surface area (Å²) in [7, 11) is 3.35. The first-order valence-corrected chi connectivity index (χ1v) is 6.88. The number of nitrogens with one attached hydrogen (secondary N) is 2. The molecule has 0 saturated heterocycles. The SMILES string of the molecule is CCOC(=O)C1C=C(c2cc(C=N)c(N)cc2OC)N(C)N1. The molecule has 1 aliphatic heterocycles. The number of carbonyl (C=O) groups is 1. The monoisotopic (exact) mass is 304 g/mol. The highest BCUT2D eigenvalue weighted by atomic mass is 16.5. The Balaban J connectivity index is 2.43. The van der Waals surface area contributed by atoms with Crippen LogP contribution in [-0.2, 0) is 9.53 Å². The van der Waals surface area contributed by atoms with Crippen LogP contribution in [0.4, 0.5) is 5.69 Å². The van der Waals surface area contributed by atoms with Crippen LogP contribution in [0.1, 0.15) is 18.1 Å². The summed E-state index contributed by atoms with van der Waals surface area (Å²) in [5.41, 5.74) is 11.4. The molecule has 1 aromatic rings. The first-order valence-electron chi connectivity index (χ1n) is 6.88. The average molecular weight is 304 g/mol. The molecule has 2 rings (SSSR count). The Kier molecular flexibility index (Phi) is 4.67. The summed E-state index contributed by atoms with van der Waals surface area (Å²) in [5.74, 6) is 0.235. The fourth-order valence-electron chi connectivity index (χ4n) is 2.31. The minimum atomic E-state index is -0.550. The van der Waals surface area contributed by atoms with Crippen LogP contribution in [0, 0.1) is 5.41 Å². The van der Waals surface area contributed by atoms with Crippen LogP contribution in [0.15, 0.2) is 18.2 Å². The van der Waals surface area contributed by atoms with E-state index in [1.54, 1.807) is 44.3 Å². The van der Waals surface area contributed by atoms with Crippen LogP contribution < -0.4 is 15.9 Å². The Hall–Kier alpha value is -2.54. The van der Waals surface area contributed by atoms with Crippen molar-refractivity contribution in [1.29, 1.82) is 5.41 Å². The van der Waals surface area contributed by atoms with Gasteiger partial charge in [0, 0.05) is 36.1 Å². The quantitative estimate of drug-likeness (QED) is 0.426. The standard InChI is InChI=1S/C15H20N4O3/c1-4-22-15(20)12-7-13(19(2)18-12)10-5-9(8-16)11(17)6-14(10)21-3/h5-8,12,16,18H,4,17H2,1-3H3. The van der Waals surface area contributed by atoms with Crippen LogP contribution >= 0.6 is 0 Å². The molecule has 7 nitrogen and oxygen atoms in total. The van der Waals surface area contributed by atoms with E-state index in [0.29, 0.717) is 23.6 Å². The van der Waals surface area contributed by atoms with Crippen molar-refractivity contribution in [2.24, 2.45) is 0 Å². The lowest BCUT2D eigenvalue weighted by Gasteiger charge is -2.20. The van der Waals surface area contributed by atoms with E-state index < -0.39 is 6.04 Å². The van der Waals surface area contributed by atoms with Gasteiger partial charge in [-0.25, -0.2) is 10.2 Å². The van der Waals surface area contributed by atoms with Crippen molar-refractivity contribution < 1.29 is 14.3 Å². The number of esters is 1. The minimum absolute atomic E-state index is 0.326. The summed E-state index contributed by atoms with van der Waals surface area (Å²) < 4.78 is 10.4. The zero-order valence-electron chi connectivity index (χ0n) is 12.8. The van der Waals surface area contributed by atoms with Crippen LogP contribution in [0.5, 0.6) is 5.75 Å². The lowest BCUT2D eigenvalue weighted by molar-refractivity contribution is -0.144. The second-order valence-corrected chi connectivity index (χ2v) is 4.80. The van der Waals surface area contributed by atoms with Gasteiger partial charge in [0.1, 0.15) is 11.8 Å². The summed E-state index contributed by atoms with van der Waals surface area (Å²) in [6.07, 6.45) is 2.95. The maximum atomic E-state index is 11.9. The maximum Gasteiger partial charge on any atom is 0.329 e. The zero-order valence-corrected chi connectivity index (χ0v) is 12.8. The van der Waals surface area contributed by atoms with Gasteiger partial charge in [0.2, 0.25) is 0 Å². The third kappa shape index (κ3) is 2.89. The van der Waals surface area contributed by atoms with Gasteiger partial charge in [-0.15, -0.1) is 0 Å². The molecule has 1 heterocycles. The first-order chi connectivity index (χ1) is 10.5. The molecular formula is C15H20N4O3. The molecule has 4 N–H and O–H groups in total. The third-order valence-corrected chi connectivity index (χ3v) is 3.40. The second kappa shape index (κ2) is 6.48. The summed E-state index contributed by atoms with van der Waals surface area (Å²) in [6, 6.07) is 2.88. The number of rotatable bonds is 5. The molecule has 1 atom stereocenters. The smallest absolute Gasteiger partial charge is 0.329 e. The highest BCUT2D eigenvalue weighted by Gasteiger charge is 2.29. The fourth-order valence-corrected chi connectivity index (χ4v) is 2.31. The van der Waals surface area contributed by atoms with E-state index in [9.17, 15) is 4.79 Å². The van der Waals surface area contributed by atoms with E-state index in [1.807, 2.05) is 0 Å². The van der Waals surface area contributed by atoms with Gasteiger partial charge < -0.3 is 25.6 Å². The summed E-state index contributed by atoms with van der Waals surface area (Å²) in [6.45, 7) is 2.09. The number of ether oxygens (including phenoxy) is 2. The van der Waals surface area contributed by atoms with Crippen molar-refractivity contribution in [3.63, 3.8) is 0 Å². The van der Waals surface area contributed by atoms with Crippen molar-refractivity contribution in [3.05, 3.63) is 29.3 Å². The van der Waals surface area contributed by atoms with Gasteiger partial charge in [0.15, 0.2) is 0 Å². The van der Waals surface area contributed by atoms with Crippen LogP contribution in [-0.4, -0.2) is 44.0 Å². The number of carbonyl (C=O) groups excluding carboxylic acids is 1. The van der Waals surface area contributed by atoms with Crippen molar-refractivity contribution >= 4 is 23.6 Å². The largest absolute Gasteiger partial charge is 0.496 e. The number of benzene rings is 1. The number of nitrogens with zero attached hydrogens (tertiary/aromatic N) is 1. The molecule has 7 heteroatoms. The number of hydrogen-bond acceptors (Lipinski definition) is 7. The maximum absolute atomic E-state index is 11.9. The highest BCUT2D eigenvalue weighted by Crippen LogP contribution is 2.33. The topological polar surface area (TPSA) is 101 Å². The van der Waals surface area contributed by atoms with Gasteiger partial charge in [0.05, 0.1) is 19.4 Å². The molecule has 0 bridgehead atoms. The Morgan fingerprint density at radius 1 is 1.55 bits per heavy atom. The first kappa shape index (κ1) is 15.8. The molecule has 1 aromatic carbocycles. The van der Waals surface area contributed by atoms with E-state index in [0.717, 1.165) is 11.3 Å². The van der Waals surface area contributed by atoms with E-state index in [1.165, 1.54) is 6.21 Å². The molecule has 1 aliphatic rings. The minimum Gasteiger partial charge on any atom is -0.496 e. The van der Waals surface area contributed by atoms with Gasteiger partial charge in [-0.2, -0.15) is 0 Å². The van der Waals surface area contributed by atoms with Crippen molar-refractivity contribution in [2.45, 2.75) is 13.0 Å². The Morgan fingerprint density at radius 2 is 2.27 bits per heavy atom. The average Bonchev–Trinajstić information content (AvgIpc) is 2.89. The molecular weight excluding hydrogens is 284 g/mol. The third-order valence-electron chi connectivity index (χ3n) is 3.40. The molecule has 22 heavy (non-hydrogen) atoms. The van der Waals surface area contributed by atoms with Gasteiger partial charge in [0.25, 0.3) is 0 Å². The summed E-state index contributed by atoms with van der Waals surface area (Å²) in [4.78, 5) is 11.9. The number of nitrogen functional groups attached to an aromatic ring is 1. The van der Waals surface area contributed by atoms with E-state index >= 15 is 0 Å². The fraction of sp³-hybridized carbons (Fsp3) is 0.333. The van der Waals surface area contributed by atoms with Crippen LogP contribution in [0.3, 0.4) is 0 Å². The second-order valence-electron chi connectivity index (χ2n) is 4.80. The normalized spacial score (nSPS) is 17.1. The molecule has 1 unspecified atom stereocenters. The van der Waals surface area contributed by atoms with Crippen molar-refractivity contribution in [1.82, 2.24) is 10.4 Å². The van der Waals surface area contributed by atoms with Gasteiger partial charge in [-0.05, 0) is 19.1 Å². The Bertz CT molecular complexity index is 627. The van der Waals surface area contributed by atoms with Gasteiger partial charge in [-0.3, -0.25) is 0 Å². The predicted octanol–water partition coefficient (Wildman–Crippen LogP) is 0.998. The highest BCUT2D eigenvalue weighted by molar-refractivity contribution is 5.90. The molecule has 0 saturated carbocycles. The van der Waals surface area contributed by atoms with Crippen LogP contribution in [0.25, 0.3) is 5.70 Å². The molecule has 0 aromatic heterocycles. The van der Waals surface area contributed by atoms with Gasteiger partial charge >= 0.3 is 5.97 Å². The number of hydrazine groups is 1. The summed E-state index contributed by atoms with van der Waals surface area (Å²) in [5, 5.41) is 9.15. The number of anilines is 1. The van der Waals surface area contributed by atoms with Crippen molar-refractivity contribution in [2.75, 3.05) is 26.5 Å². The lowest BCUT2D eigenvalue weighted by Crippen LogP contribution is -2.39.